The van der Waals surface area contributed by atoms with Gasteiger partial charge in [0, 0.05) is 52.2 Å². The molecule has 172 valence electrons. The van der Waals surface area contributed by atoms with Gasteiger partial charge in [-0.05, 0) is 55.0 Å². The van der Waals surface area contributed by atoms with Gasteiger partial charge in [-0.1, -0.05) is 36.4 Å². The van der Waals surface area contributed by atoms with Crippen LogP contribution >= 0.6 is 0 Å². The average Bonchev–Trinajstić information content (AvgIpc) is 2.81. The van der Waals surface area contributed by atoms with E-state index in [9.17, 15) is 13.6 Å². The van der Waals surface area contributed by atoms with E-state index < -0.39 is 11.6 Å². The third-order valence-electron chi connectivity index (χ3n) is 6.73. The number of carbonyl (C=O) groups excluding carboxylic acids is 1. The third kappa shape index (κ3) is 6.36. The number of rotatable bonds is 7. The highest BCUT2D eigenvalue weighted by molar-refractivity contribution is 5.76. The predicted octanol–water partition coefficient (Wildman–Crippen LogP) is 4.30. The van der Waals surface area contributed by atoms with Crippen LogP contribution in [-0.4, -0.2) is 59.9 Å². The molecule has 2 fully saturated rings. The summed E-state index contributed by atoms with van der Waals surface area (Å²) in [6.45, 7) is 6.91. The van der Waals surface area contributed by atoms with Crippen molar-refractivity contribution in [1.29, 1.82) is 0 Å². The Hall–Kier alpha value is -2.31. The molecular weight excluding hydrogens is 408 g/mol. The Bertz CT molecular complexity index is 884. The molecule has 32 heavy (non-hydrogen) atoms. The van der Waals surface area contributed by atoms with Crippen LogP contribution in [0.3, 0.4) is 0 Å². The summed E-state index contributed by atoms with van der Waals surface area (Å²) in [7, 11) is 0. The van der Waals surface area contributed by atoms with E-state index in [1.54, 1.807) is 6.07 Å². The lowest BCUT2D eigenvalue weighted by atomic mass is 9.92. The van der Waals surface area contributed by atoms with Crippen LogP contribution in [0.25, 0.3) is 0 Å². The Morgan fingerprint density at radius 2 is 1.59 bits per heavy atom. The highest BCUT2D eigenvalue weighted by Crippen LogP contribution is 2.23. The number of piperidine rings is 1. The lowest BCUT2D eigenvalue weighted by Crippen LogP contribution is -2.48. The topological polar surface area (TPSA) is 26.8 Å². The molecule has 2 aliphatic rings. The molecule has 6 heteroatoms. The fraction of sp³-hybridized carbons (Fsp3) is 0.500. The molecule has 1 atom stereocenters. The molecule has 4 rings (SSSR count). The summed E-state index contributed by atoms with van der Waals surface area (Å²) in [5.41, 5.74) is 2.12. The number of carbonyl (C=O) groups is 1. The maximum Gasteiger partial charge on any atom is 0.222 e. The summed E-state index contributed by atoms with van der Waals surface area (Å²) in [4.78, 5) is 19.5. The molecule has 0 aromatic heterocycles. The number of nitrogens with zero attached hydrogens (tertiary/aromatic N) is 3. The van der Waals surface area contributed by atoms with Gasteiger partial charge < -0.3 is 4.90 Å². The van der Waals surface area contributed by atoms with Gasteiger partial charge in [-0.3, -0.25) is 14.6 Å². The minimum atomic E-state index is -0.801. The Labute approximate surface area is 189 Å². The van der Waals surface area contributed by atoms with E-state index >= 15 is 0 Å². The molecule has 2 aromatic rings. The summed E-state index contributed by atoms with van der Waals surface area (Å²) in [5.74, 6) is -0.838. The predicted molar refractivity (Wildman–Crippen MR) is 122 cm³/mol. The van der Waals surface area contributed by atoms with Gasteiger partial charge >= 0.3 is 0 Å². The van der Waals surface area contributed by atoms with Crippen LogP contribution in [0.2, 0.25) is 0 Å². The molecule has 2 aromatic carbocycles. The summed E-state index contributed by atoms with van der Waals surface area (Å²) < 4.78 is 26.7. The molecule has 0 radical (unpaired) electrons. The van der Waals surface area contributed by atoms with Gasteiger partial charge in [0.05, 0.1) is 0 Å². The minimum Gasteiger partial charge on any atom is -0.340 e. The van der Waals surface area contributed by atoms with Gasteiger partial charge in [-0.25, -0.2) is 8.78 Å². The number of benzene rings is 2. The van der Waals surface area contributed by atoms with Gasteiger partial charge in [-0.15, -0.1) is 0 Å². The van der Waals surface area contributed by atoms with Gasteiger partial charge in [0.25, 0.3) is 0 Å². The number of halogens is 2. The van der Waals surface area contributed by atoms with Crippen molar-refractivity contribution in [3.63, 3.8) is 0 Å². The molecule has 4 nitrogen and oxygen atoms in total. The molecule has 2 heterocycles. The number of hydrogen-bond donors (Lipinski definition) is 0. The molecule has 0 spiro atoms. The molecule has 0 bridgehead atoms. The van der Waals surface area contributed by atoms with E-state index in [2.05, 4.69) is 34.1 Å². The Kier molecular flexibility index (Phi) is 7.87. The van der Waals surface area contributed by atoms with Gasteiger partial charge in [0.2, 0.25) is 5.91 Å². The molecular formula is C26H33F2N3O. The highest BCUT2D eigenvalue weighted by Gasteiger charge is 2.24. The first-order valence-electron chi connectivity index (χ1n) is 11.8. The standard InChI is InChI=1S/C26H33F2N3O/c27-24-10-8-23(17-25(24)28)20-30-12-4-7-22(19-30)9-11-26(32)31-15-13-29(14-16-31)18-21-5-2-1-3-6-21/h1-3,5-6,8,10,17,22H,4,7,9,11-16,18-20H2. The zero-order valence-corrected chi connectivity index (χ0v) is 18.7. The molecule has 1 unspecified atom stereocenters. The summed E-state index contributed by atoms with van der Waals surface area (Å²) in [6, 6.07) is 14.6. The summed E-state index contributed by atoms with van der Waals surface area (Å²) in [5, 5.41) is 0. The number of piperazine rings is 1. The second-order valence-electron chi connectivity index (χ2n) is 9.17. The van der Waals surface area contributed by atoms with E-state index in [1.165, 1.54) is 17.7 Å². The van der Waals surface area contributed by atoms with Crippen LogP contribution in [0.1, 0.15) is 36.8 Å². The van der Waals surface area contributed by atoms with Crippen LogP contribution in [0.5, 0.6) is 0 Å². The van der Waals surface area contributed by atoms with Crippen molar-refractivity contribution in [2.75, 3.05) is 39.3 Å². The number of likely N-dealkylation sites (tertiary alicyclic amines) is 1. The molecule has 0 aliphatic carbocycles. The van der Waals surface area contributed by atoms with Crippen molar-refractivity contribution in [3.05, 3.63) is 71.3 Å². The quantitative estimate of drug-likeness (QED) is 0.641. The van der Waals surface area contributed by atoms with Crippen LogP contribution in [-0.2, 0) is 17.9 Å². The van der Waals surface area contributed by atoms with Crippen molar-refractivity contribution in [3.8, 4) is 0 Å². The summed E-state index contributed by atoms with van der Waals surface area (Å²) >= 11 is 0. The van der Waals surface area contributed by atoms with Gasteiger partial charge in [0.15, 0.2) is 11.6 Å². The maximum absolute atomic E-state index is 13.5. The Morgan fingerprint density at radius 1 is 0.844 bits per heavy atom. The molecule has 0 N–H and O–H groups in total. The fourth-order valence-corrected chi connectivity index (χ4v) is 4.91. The van der Waals surface area contributed by atoms with Crippen LogP contribution in [0, 0.1) is 17.6 Å². The first-order valence-corrected chi connectivity index (χ1v) is 11.8. The van der Waals surface area contributed by atoms with Crippen molar-refractivity contribution in [2.45, 2.75) is 38.8 Å². The minimum absolute atomic E-state index is 0.266. The highest BCUT2D eigenvalue weighted by atomic mass is 19.2. The Morgan fingerprint density at radius 3 is 2.34 bits per heavy atom. The van der Waals surface area contributed by atoms with E-state index in [1.807, 2.05) is 11.0 Å². The van der Waals surface area contributed by atoms with E-state index in [4.69, 9.17) is 0 Å². The maximum atomic E-state index is 13.5. The fourth-order valence-electron chi connectivity index (χ4n) is 4.91. The first-order chi connectivity index (χ1) is 15.6. The van der Waals surface area contributed by atoms with E-state index in [0.29, 0.717) is 18.9 Å². The first kappa shape index (κ1) is 22.9. The van der Waals surface area contributed by atoms with Crippen LogP contribution in [0.15, 0.2) is 48.5 Å². The number of amides is 1. The van der Waals surface area contributed by atoms with Crippen molar-refractivity contribution >= 4 is 5.91 Å². The number of hydrogen-bond acceptors (Lipinski definition) is 3. The SMILES string of the molecule is O=C(CCC1CCCN(Cc2ccc(F)c(F)c2)C1)N1CCN(Cc2ccccc2)CC1. The summed E-state index contributed by atoms with van der Waals surface area (Å²) in [6.07, 6.45) is 3.72. The van der Waals surface area contributed by atoms with Crippen molar-refractivity contribution in [1.82, 2.24) is 14.7 Å². The van der Waals surface area contributed by atoms with Crippen LogP contribution < -0.4 is 0 Å². The molecule has 0 saturated carbocycles. The molecule has 1 amide bonds. The molecule has 2 aliphatic heterocycles. The smallest absolute Gasteiger partial charge is 0.222 e. The zero-order valence-electron chi connectivity index (χ0n) is 18.7. The zero-order chi connectivity index (χ0) is 22.3. The second kappa shape index (κ2) is 11.0. The lowest BCUT2D eigenvalue weighted by molar-refractivity contribution is -0.133. The van der Waals surface area contributed by atoms with Crippen molar-refractivity contribution < 1.29 is 13.6 Å². The normalized spacial score (nSPS) is 20.4. The van der Waals surface area contributed by atoms with E-state index in [-0.39, 0.29) is 5.91 Å². The largest absolute Gasteiger partial charge is 0.340 e. The average molecular weight is 442 g/mol. The lowest BCUT2D eigenvalue weighted by Gasteiger charge is -2.36. The van der Waals surface area contributed by atoms with E-state index in [0.717, 1.165) is 70.6 Å². The molecule has 2 saturated heterocycles. The van der Waals surface area contributed by atoms with Gasteiger partial charge in [0.1, 0.15) is 0 Å². The Balaban J connectivity index is 1.18. The van der Waals surface area contributed by atoms with Gasteiger partial charge in [-0.2, -0.15) is 0 Å². The third-order valence-corrected chi connectivity index (χ3v) is 6.73. The van der Waals surface area contributed by atoms with Crippen LogP contribution in [0.4, 0.5) is 8.78 Å². The second-order valence-corrected chi connectivity index (χ2v) is 9.17. The monoisotopic (exact) mass is 441 g/mol. The van der Waals surface area contributed by atoms with Crippen molar-refractivity contribution in [2.24, 2.45) is 5.92 Å².